The van der Waals surface area contributed by atoms with Gasteiger partial charge in [0.05, 0.1) is 16.4 Å². The largest absolute Gasteiger partial charge is 0.322 e. The molecule has 1 aromatic heterocycles. The van der Waals surface area contributed by atoms with Gasteiger partial charge in [-0.3, -0.25) is 4.98 Å². The van der Waals surface area contributed by atoms with Gasteiger partial charge < -0.3 is 10.2 Å². The molecule has 1 aliphatic rings. The predicted octanol–water partition coefficient (Wildman–Crippen LogP) is 6.07. The van der Waals surface area contributed by atoms with E-state index in [0.717, 1.165) is 28.5 Å². The number of nitrogens with zero attached hydrogens (tertiary/aromatic N) is 2. The Kier molecular flexibility index (Phi) is 4.85. The lowest BCUT2D eigenvalue weighted by atomic mass is 9.89. The van der Waals surface area contributed by atoms with Crippen molar-refractivity contribution in [3.63, 3.8) is 0 Å². The number of carbonyl (C=O) groups is 1. The van der Waals surface area contributed by atoms with Crippen molar-refractivity contribution >= 4 is 34.1 Å². The standard InChI is InChI=1S/C25H20ClN3O/c26-21-11-5-6-12-22(21)28-25(30)29-16-14-18-8-2-4-10-20(18)24(29)23-19-9-3-1-7-17(19)13-15-27-23/h1-13,15,24H,14,16H2,(H,28,30)/t24-/m1/s1. The van der Waals surface area contributed by atoms with Crippen LogP contribution in [-0.4, -0.2) is 22.5 Å². The molecular weight excluding hydrogens is 394 g/mol. The van der Waals surface area contributed by atoms with E-state index in [0.29, 0.717) is 17.3 Å². The Hall–Kier alpha value is -3.37. The molecule has 5 rings (SSSR count). The number of benzene rings is 3. The first-order valence-corrected chi connectivity index (χ1v) is 10.3. The van der Waals surface area contributed by atoms with Gasteiger partial charge in [-0.15, -0.1) is 0 Å². The van der Waals surface area contributed by atoms with E-state index in [1.54, 1.807) is 6.07 Å². The van der Waals surface area contributed by atoms with Crippen LogP contribution in [0.3, 0.4) is 0 Å². The second-order valence-corrected chi connectivity index (χ2v) is 7.78. The Morgan fingerprint density at radius 1 is 0.967 bits per heavy atom. The van der Waals surface area contributed by atoms with Gasteiger partial charge in [0.2, 0.25) is 0 Å². The lowest BCUT2D eigenvalue weighted by Crippen LogP contribution is -2.43. The number of nitrogens with one attached hydrogen (secondary N) is 1. The molecule has 4 nitrogen and oxygen atoms in total. The molecule has 0 unspecified atom stereocenters. The van der Waals surface area contributed by atoms with E-state index in [1.165, 1.54) is 5.56 Å². The van der Waals surface area contributed by atoms with E-state index in [4.69, 9.17) is 16.6 Å². The lowest BCUT2D eigenvalue weighted by molar-refractivity contribution is 0.193. The molecule has 1 atom stereocenters. The van der Waals surface area contributed by atoms with Crippen LogP contribution < -0.4 is 5.32 Å². The van der Waals surface area contributed by atoms with Crippen LogP contribution in [0.4, 0.5) is 10.5 Å². The molecule has 0 saturated heterocycles. The Morgan fingerprint density at radius 2 is 1.73 bits per heavy atom. The fraction of sp³-hybridized carbons (Fsp3) is 0.120. The van der Waals surface area contributed by atoms with E-state index in [-0.39, 0.29) is 12.1 Å². The fourth-order valence-electron chi connectivity index (χ4n) is 4.19. The van der Waals surface area contributed by atoms with Gasteiger partial charge in [-0.25, -0.2) is 4.79 Å². The third-order valence-corrected chi connectivity index (χ3v) is 5.95. The van der Waals surface area contributed by atoms with Crippen LogP contribution in [-0.2, 0) is 6.42 Å². The predicted molar refractivity (Wildman–Crippen MR) is 121 cm³/mol. The highest BCUT2D eigenvalue weighted by Crippen LogP contribution is 2.37. The highest BCUT2D eigenvalue weighted by atomic mass is 35.5. The summed E-state index contributed by atoms with van der Waals surface area (Å²) in [6, 6.07) is 25.3. The molecule has 0 saturated carbocycles. The second-order valence-electron chi connectivity index (χ2n) is 7.37. The maximum Gasteiger partial charge on any atom is 0.322 e. The summed E-state index contributed by atoms with van der Waals surface area (Å²) in [6.07, 6.45) is 2.62. The molecule has 4 aromatic rings. The van der Waals surface area contributed by atoms with E-state index in [1.807, 2.05) is 59.6 Å². The summed E-state index contributed by atoms with van der Waals surface area (Å²) in [7, 11) is 0. The molecule has 0 bridgehead atoms. The molecule has 2 amide bonds. The SMILES string of the molecule is O=C(Nc1ccccc1Cl)N1CCc2ccccc2[C@@H]1c1nccc2ccccc12. The molecule has 1 N–H and O–H groups in total. The van der Waals surface area contributed by atoms with Crippen molar-refractivity contribution < 1.29 is 4.79 Å². The van der Waals surface area contributed by atoms with Crippen molar-refractivity contribution in [2.45, 2.75) is 12.5 Å². The zero-order chi connectivity index (χ0) is 20.5. The average molecular weight is 414 g/mol. The number of rotatable bonds is 2. The number of pyridine rings is 1. The van der Waals surface area contributed by atoms with E-state index < -0.39 is 0 Å². The van der Waals surface area contributed by atoms with E-state index in [9.17, 15) is 4.79 Å². The third kappa shape index (κ3) is 3.29. The molecular formula is C25H20ClN3O. The first kappa shape index (κ1) is 18.6. The third-order valence-electron chi connectivity index (χ3n) is 5.62. The number of halogens is 1. The Balaban J connectivity index is 1.62. The number of fused-ring (bicyclic) bond motifs is 2. The van der Waals surface area contributed by atoms with Crippen LogP contribution in [0.5, 0.6) is 0 Å². The minimum atomic E-state index is -0.275. The number of urea groups is 1. The molecule has 0 fully saturated rings. The van der Waals surface area contributed by atoms with Gasteiger partial charge in [0.1, 0.15) is 6.04 Å². The monoisotopic (exact) mass is 413 g/mol. The van der Waals surface area contributed by atoms with Gasteiger partial charge in [0.25, 0.3) is 0 Å². The highest BCUT2D eigenvalue weighted by Gasteiger charge is 2.34. The summed E-state index contributed by atoms with van der Waals surface area (Å²) in [5.74, 6) is 0. The first-order valence-electron chi connectivity index (χ1n) is 9.96. The Bertz CT molecular complexity index is 1230. The van der Waals surface area contributed by atoms with E-state index in [2.05, 4.69) is 29.6 Å². The zero-order valence-electron chi connectivity index (χ0n) is 16.3. The van der Waals surface area contributed by atoms with Crippen LogP contribution >= 0.6 is 11.6 Å². The summed E-state index contributed by atoms with van der Waals surface area (Å²) in [6.45, 7) is 0.600. The van der Waals surface area contributed by atoms with Crippen LogP contribution in [0, 0.1) is 0 Å². The van der Waals surface area contributed by atoms with Crippen molar-refractivity contribution in [2.75, 3.05) is 11.9 Å². The van der Waals surface area contributed by atoms with Crippen LogP contribution in [0.2, 0.25) is 5.02 Å². The molecule has 3 aromatic carbocycles. The minimum absolute atomic E-state index is 0.183. The number of amides is 2. The van der Waals surface area contributed by atoms with Gasteiger partial charge in [-0.1, -0.05) is 72.3 Å². The molecule has 5 heteroatoms. The summed E-state index contributed by atoms with van der Waals surface area (Å²) in [5.41, 5.74) is 3.85. The maximum atomic E-state index is 13.4. The molecule has 0 aliphatic carbocycles. The van der Waals surface area contributed by atoms with Crippen LogP contribution in [0.25, 0.3) is 10.8 Å². The normalized spacial score (nSPS) is 15.6. The van der Waals surface area contributed by atoms with Crippen LogP contribution in [0.1, 0.15) is 22.9 Å². The van der Waals surface area contributed by atoms with Crippen molar-refractivity contribution in [1.29, 1.82) is 0 Å². The summed E-state index contributed by atoms with van der Waals surface area (Å²) >= 11 is 6.27. The van der Waals surface area contributed by atoms with Crippen LogP contribution in [0.15, 0.2) is 85.1 Å². The summed E-state index contributed by atoms with van der Waals surface area (Å²) < 4.78 is 0. The highest BCUT2D eigenvalue weighted by molar-refractivity contribution is 6.33. The van der Waals surface area contributed by atoms with Gasteiger partial charge in [-0.2, -0.15) is 0 Å². The molecule has 148 valence electrons. The summed E-state index contributed by atoms with van der Waals surface area (Å²) in [4.78, 5) is 20.0. The number of carbonyl (C=O) groups excluding carboxylic acids is 1. The molecule has 2 heterocycles. The zero-order valence-corrected chi connectivity index (χ0v) is 17.0. The maximum absolute atomic E-state index is 13.4. The number of hydrogen-bond donors (Lipinski definition) is 1. The number of para-hydroxylation sites is 1. The fourth-order valence-corrected chi connectivity index (χ4v) is 4.37. The molecule has 1 aliphatic heterocycles. The van der Waals surface area contributed by atoms with Gasteiger partial charge >= 0.3 is 6.03 Å². The molecule has 30 heavy (non-hydrogen) atoms. The lowest BCUT2D eigenvalue weighted by Gasteiger charge is -2.37. The average Bonchev–Trinajstić information content (AvgIpc) is 2.79. The van der Waals surface area contributed by atoms with Gasteiger partial charge in [0, 0.05) is 18.1 Å². The first-order chi connectivity index (χ1) is 14.7. The van der Waals surface area contributed by atoms with Crippen molar-refractivity contribution in [2.24, 2.45) is 0 Å². The summed E-state index contributed by atoms with van der Waals surface area (Å²) in [5, 5.41) is 5.66. The molecule has 0 radical (unpaired) electrons. The van der Waals surface area contributed by atoms with Gasteiger partial charge in [-0.05, 0) is 41.1 Å². The van der Waals surface area contributed by atoms with Crippen molar-refractivity contribution in [3.05, 3.63) is 107 Å². The quantitative estimate of drug-likeness (QED) is 0.433. The van der Waals surface area contributed by atoms with Crippen molar-refractivity contribution in [3.8, 4) is 0 Å². The number of anilines is 1. The number of aromatic nitrogens is 1. The number of hydrogen-bond acceptors (Lipinski definition) is 2. The topological polar surface area (TPSA) is 45.2 Å². The van der Waals surface area contributed by atoms with Gasteiger partial charge in [0.15, 0.2) is 0 Å². The Morgan fingerprint density at radius 3 is 2.63 bits per heavy atom. The smallest absolute Gasteiger partial charge is 0.311 e. The Labute approximate surface area is 180 Å². The molecule has 0 spiro atoms. The van der Waals surface area contributed by atoms with Crippen molar-refractivity contribution in [1.82, 2.24) is 9.88 Å². The van der Waals surface area contributed by atoms with E-state index >= 15 is 0 Å². The minimum Gasteiger partial charge on any atom is -0.311 e. The second kappa shape index (κ2) is 7.81.